The third-order valence-corrected chi connectivity index (χ3v) is 6.53. The quantitative estimate of drug-likeness (QED) is 0.449. The highest BCUT2D eigenvalue weighted by Gasteiger charge is 2.34. The van der Waals surface area contributed by atoms with E-state index in [-0.39, 0.29) is 22.8 Å². The second kappa shape index (κ2) is 8.26. The van der Waals surface area contributed by atoms with Gasteiger partial charge in [-0.3, -0.25) is 14.2 Å². The summed E-state index contributed by atoms with van der Waals surface area (Å²) in [6.45, 7) is 8.71. The summed E-state index contributed by atoms with van der Waals surface area (Å²) >= 11 is 1.37. The summed E-state index contributed by atoms with van der Waals surface area (Å²) in [5.74, 6) is 0.345. The van der Waals surface area contributed by atoms with Crippen molar-refractivity contribution in [3.8, 4) is 0 Å². The average Bonchev–Trinajstić information content (AvgIpc) is 3.05. The molecule has 6 heteroatoms. The molecule has 0 aliphatic carbocycles. The lowest BCUT2D eigenvalue weighted by Crippen LogP contribution is -2.40. The number of benzene rings is 2. The molecule has 0 N–H and O–H groups in total. The highest BCUT2D eigenvalue weighted by atomic mass is 32.2. The van der Waals surface area contributed by atoms with E-state index in [1.54, 1.807) is 4.57 Å². The van der Waals surface area contributed by atoms with Crippen LogP contribution in [0.15, 0.2) is 58.5 Å². The Morgan fingerprint density at radius 1 is 1.13 bits per heavy atom. The highest BCUT2D eigenvalue weighted by Crippen LogP contribution is 2.34. The molecule has 0 saturated heterocycles. The Balaban J connectivity index is 1.68. The number of thioether (sulfide) groups is 1. The molecule has 2 heterocycles. The van der Waals surface area contributed by atoms with Gasteiger partial charge in [-0.25, -0.2) is 4.98 Å². The Morgan fingerprint density at radius 2 is 1.83 bits per heavy atom. The van der Waals surface area contributed by atoms with Crippen molar-refractivity contribution in [2.24, 2.45) is 5.92 Å². The van der Waals surface area contributed by atoms with Gasteiger partial charge in [0.05, 0.1) is 16.2 Å². The van der Waals surface area contributed by atoms with E-state index in [0.717, 1.165) is 12.1 Å². The number of fused-ring (bicyclic) bond motifs is 2. The number of aromatic nitrogens is 2. The minimum Gasteiger partial charge on any atom is -0.308 e. The van der Waals surface area contributed by atoms with Crippen molar-refractivity contribution in [2.45, 2.75) is 57.1 Å². The van der Waals surface area contributed by atoms with Crippen LogP contribution in [0, 0.1) is 5.92 Å². The van der Waals surface area contributed by atoms with E-state index in [2.05, 4.69) is 26.8 Å². The van der Waals surface area contributed by atoms with Crippen molar-refractivity contribution in [3.05, 3.63) is 64.4 Å². The van der Waals surface area contributed by atoms with Gasteiger partial charge < -0.3 is 4.90 Å². The molecule has 1 aliphatic rings. The van der Waals surface area contributed by atoms with Gasteiger partial charge in [0.1, 0.15) is 0 Å². The maximum atomic E-state index is 13.4. The van der Waals surface area contributed by atoms with E-state index in [1.807, 2.05) is 54.3 Å². The number of carbonyl (C=O) groups excluding carboxylic acids is 1. The Labute approximate surface area is 181 Å². The Morgan fingerprint density at radius 3 is 2.60 bits per heavy atom. The van der Waals surface area contributed by atoms with Crippen LogP contribution in [0.25, 0.3) is 10.9 Å². The fourth-order valence-corrected chi connectivity index (χ4v) is 5.04. The van der Waals surface area contributed by atoms with Crippen molar-refractivity contribution in [1.29, 1.82) is 0 Å². The molecule has 2 aromatic carbocycles. The van der Waals surface area contributed by atoms with Gasteiger partial charge in [0.15, 0.2) is 5.16 Å². The van der Waals surface area contributed by atoms with Crippen LogP contribution in [0.2, 0.25) is 0 Å². The van der Waals surface area contributed by atoms with Gasteiger partial charge in [-0.2, -0.15) is 0 Å². The van der Waals surface area contributed by atoms with Crippen molar-refractivity contribution >= 4 is 34.3 Å². The minimum atomic E-state index is -0.356. The number of hydrogen-bond acceptors (Lipinski definition) is 4. The highest BCUT2D eigenvalue weighted by molar-refractivity contribution is 8.00. The standard InChI is InChI=1S/C24H27N3O2S/c1-15(2)14-26-23(29)19-10-6-7-11-20(19)25-24(26)30-17(4)22(28)27-16(3)13-18-9-5-8-12-21(18)27/h5-12,15-17H,13-14H2,1-4H3/t16-,17-/m1/s1. The fourth-order valence-electron chi connectivity index (χ4n) is 4.07. The lowest BCUT2D eigenvalue weighted by atomic mass is 10.1. The molecular weight excluding hydrogens is 394 g/mol. The molecule has 0 fully saturated rings. The largest absolute Gasteiger partial charge is 0.308 e. The minimum absolute atomic E-state index is 0.0451. The van der Waals surface area contributed by atoms with Gasteiger partial charge in [0.2, 0.25) is 5.91 Å². The van der Waals surface area contributed by atoms with Crippen LogP contribution in [0.3, 0.4) is 0 Å². The van der Waals surface area contributed by atoms with E-state index in [1.165, 1.54) is 17.3 Å². The van der Waals surface area contributed by atoms with E-state index in [4.69, 9.17) is 4.98 Å². The molecule has 2 atom stereocenters. The van der Waals surface area contributed by atoms with Gasteiger partial charge >= 0.3 is 0 Å². The molecular formula is C24H27N3O2S. The van der Waals surface area contributed by atoms with Crippen molar-refractivity contribution in [3.63, 3.8) is 0 Å². The molecule has 30 heavy (non-hydrogen) atoms. The lowest BCUT2D eigenvalue weighted by molar-refractivity contribution is -0.118. The summed E-state index contributed by atoms with van der Waals surface area (Å²) in [6.07, 6.45) is 0.867. The first-order valence-corrected chi connectivity index (χ1v) is 11.3. The van der Waals surface area contributed by atoms with E-state index in [0.29, 0.717) is 28.5 Å². The smallest absolute Gasteiger partial charge is 0.262 e. The van der Waals surface area contributed by atoms with E-state index >= 15 is 0 Å². The second-order valence-electron chi connectivity index (χ2n) is 8.37. The molecule has 1 amide bonds. The molecule has 0 spiro atoms. The SMILES string of the molecule is CC(C)Cn1c(S[C@H](C)C(=O)N2c3ccccc3C[C@H]2C)nc2ccccc2c1=O. The zero-order chi connectivity index (χ0) is 21.4. The van der Waals surface area contributed by atoms with Crippen LogP contribution in [0.1, 0.15) is 33.3 Å². The number of para-hydroxylation sites is 2. The number of carbonyl (C=O) groups is 1. The van der Waals surface area contributed by atoms with Crippen molar-refractivity contribution in [2.75, 3.05) is 4.90 Å². The number of amides is 1. The molecule has 0 saturated carbocycles. The topological polar surface area (TPSA) is 55.2 Å². The number of anilines is 1. The number of rotatable bonds is 5. The zero-order valence-electron chi connectivity index (χ0n) is 17.8. The first-order chi connectivity index (χ1) is 14.4. The van der Waals surface area contributed by atoms with Crippen LogP contribution in [0.4, 0.5) is 5.69 Å². The Bertz CT molecular complexity index is 1150. The summed E-state index contributed by atoms with van der Waals surface area (Å²) < 4.78 is 1.73. The summed E-state index contributed by atoms with van der Waals surface area (Å²) in [7, 11) is 0. The molecule has 5 nitrogen and oxygen atoms in total. The van der Waals surface area contributed by atoms with Gasteiger partial charge in [-0.15, -0.1) is 0 Å². The van der Waals surface area contributed by atoms with Crippen LogP contribution in [0.5, 0.6) is 0 Å². The zero-order valence-corrected chi connectivity index (χ0v) is 18.6. The van der Waals surface area contributed by atoms with Gasteiger partial charge in [-0.05, 0) is 49.9 Å². The third-order valence-electron chi connectivity index (χ3n) is 5.45. The van der Waals surface area contributed by atoms with Crippen LogP contribution >= 0.6 is 11.8 Å². The molecule has 1 aromatic heterocycles. The van der Waals surface area contributed by atoms with Crippen molar-refractivity contribution in [1.82, 2.24) is 9.55 Å². The first-order valence-electron chi connectivity index (χ1n) is 10.4. The third kappa shape index (κ3) is 3.76. The first kappa shape index (κ1) is 20.7. The second-order valence-corrected chi connectivity index (χ2v) is 9.68. The summed E-state index contributed by atoms with van der Waals surface area (Å²) in [5.41, 5.74) is 2.82. The Kier molecular flexibility index (Phi) is 5.69. The maximum Gasteiger partial charge on any atom is 0.262 e. The molecule has 4 rings (SSSR count). The van der Waals surface area contributed by atoms with Crippen LogP contribution < -0.4 is 10.5 Å². The molecule has 0 radical (unpaired) electrons. The predicted molar refractivity (Wildman–Crippen MR) is 123 cm³/mol. The number of nitrogens with zero attached hydrogens (tertiary/aromatic N) is 3. The molecule has 0 unspecified atom stereocenters. The van der Waals surface area contributed by atoms with E-state index < -0.39 is 0 Å². The molecule has 3 aromatic rings. The van der Waals surface area contributed by atoms with Crippen LogP contribution in [-0.4, -0.2) is 26.8 Å². The Hall–Kier alpha value is -2.60. The summed E-state index contributed by atoms with van der Waals surface area (Å²) in [5, 5.41) is 0.863. The molecule has 0 bridgehead atoms. The number of hydrogen-bond donors (Lipinski definition) is 0. The van der Waals surface area contributed by atoms with Gasteiger partial charge in [0.25, 0.3) is 5.56 Å². The van der Waals surface area contributed by atoms with Gasteiger partial charge in [0, 0.05) is 18.3 Å². The van der Waals surface area contributed by atoms with Gasteiger partial charge in [-0.1, -0.05) is 55.9 Å². The summed E-state index contributed by atoms with van der Waals surface area (Å²) in [6, 6.07) is 15.6. The normalized spacial score (nSPS) is 16.8. The predicted octanol–water partition coefficient (Wildman–Crippen LogP) is 4.51. The average molecular weight is 422 g/mol. The molecule has 156 valence electrons. The fraction of sp³-hybridized carbons (Fsp3) is 0.375. The lowest BCUT2D eigenvalue weighted by Gasteiger charge is -2.26. The van der Waals surface area contributed by atoms with Crippen LogP contribution in [-0.2, 0) is 17.8 Å². The summed E-state index contributed by atoms with van der Waals surface area (Å²) in [4.78, 5) is 33.2. The molecule has 1 aliphatic heterocycles. The van der Waals surface area contributed by atoms with Crippen molar-refractivity contribution < 1.29 is 4.79 Å². The maximum absolute atomic E-state index is 13.4. The van der Waals surface area contributed by atoms with E-state index in [9.17, 15) is 9.59 Å². The monoisotopic (exact) mass is 421 g/mol.